The van der Waals surface area contributed by atoms with Crippen LogP contribution >= 0.6 is 0 Å². The van der Waals surface area contributed by atoms with Crippen LogP contribution in [0.2, 0.25) is 0 Å². The highest BCUT2D eigenvalue weighted by Gasteiger charge is 2.13. The van der Waals surface area contributed by atoms with Crippen LogP contribution in [0.1, 0.15) is 15.9 Å². The zero-order valence-electron chi connectivity index (χ0n) is 16.0. The monoisotopic (exact) mass is 399 g/mol. The van der Waals surface area contributed by atoms with E-state index >= 15 is 0 Å². The van der Waals surface area contributed by atoms with Crippen molar-refractivity contribution < 1.29 is 4.79 Å². The van der Waals surface area contributed by atoms with Gasteiger partial charge < -0.3 is 4.98 Å². The minimum atomic E-state index is -0.652. The molecule has 0 aliphatic carbocycles. The number of H-pyrrole nitrogens is 1. The fourth-order valence-electron chi connectivity index (χ4n) is 2.95. The molecule has 0 spiro atoms. The lowest BCUT2D eigenvalue weighted by Crippen LogP contribution is -2.35. The first-order chi connectivity index (χ1) is 14.5. The SMILES string of the molecule is Cn1c(=O)[nH]cc(C(=O)C=Cc2cn(-c3ccccc3)nc2-c2cccnc2)c1=O. The molecule has 0 amide bonds. The Bertz CT molecular complexity index is 1350. The minimum absolute atomic E-state index is 0.119. The number of nitrogens with zero attached hydrogens (tertiary/aromatic N) is 4. The first-order valence-corrected chi connectivity index (χ1v) is 9.11. The minimum Gasteiger partial charge on any atom is -0.313 e. The van der Waals surface area contributed by atoms with Crippen LogP contribution in [-0.2, 0) is 7.05 Å². The smallest absolute Gasteiger partial charge is 0.313 e. The molecule has 1 aromatic carbocycles. The van der Waals surface area contributed by atoms with Gasteiger partial charge in [0.05, 0.1) is 5.69 Å². The quantitative estimate of drug-likeness (QED) is 0.409. The third-order valence-electron chi connectivity index (χ3n) is 4.56. The highest BCUT2D eigenvalue weighted by Crippen LogP contribution is 2.24. The number of carbonyl (C=O) groups excluding carboxylic acids is 1. The van der Waals surface area contributed by atoms with Crippen molar-refractivity contribution in [3.63, 3.8) is 0 Å². The molecule has 4 aromatic rings. The number of nitrogens with one attached hydrogen (secondary N) is 1. The van der Waals surface area contributed by atoms with Crippen molar-refractivity contribution in [2.75, 3.05) is 0 Å². The number of pyridine rings is 1. The summed E-state index contributed by atoms with van der Waals surface area (Å²) >= 11 is 0. The molecule has 30 heavy (non-hydrogen) atoms. The van der Waals surface area contributed by atoms with E-state index in [1.54, 1.807) is 35.4 Å². The number of aromatic nitrogens is 5. The molecule has 8 heteroatoms. The molecule has 8 nitrogen and oxygen atoms in total. The molecule has 0 saturated heterocycles. The molecule has 0 unspecified atom stereocenters. The Balaban J connectivity index is 1.75. The lowest BCUT2D eigenvalue weighted by Gasteiger charge is -2.00. The zero-order valence-corrected chi connectivity index (χ0v) is 16.0. The maximum absolute atomic E-state index is 12.6. The maximum atomic E-state index is 12.6. The third kappa shape index (κ3) is 3.66. The molecular formula is C22H17N5O3. The third-order valence-corrected chi connectivity index (χ3v) is 4.56. The van der Waals surface area contributed by atoms with Crippen LogP contribution in [0.25, 0.3) is 23.0 Å². The van der Waals surface area contributed by atoms with Crippen molar-refractivity contribution in [2.45, 2.75) is 0 Å². The van der Waals surface area contributed by atoms with Gasteiger partial charge >= 0.3 is 5.69 Å². The topological polar surface area (TPSA) is 103 Å². The van der Waals surface area contributed by atoms with Gasteiger partial charge in [-0.05, 0) is 36.4 Å². The normalized spacial score (nSPS) is 11.1. The maximum Gasteiger partial charge on any atom is 0.328 e. The van der Waals surface area contributed by atoms with E-state index in [0.717, 1.165) is 22.0 Å². The number of hydrogen-bond donors (Lipinski definition) is 1. The number of aromatic amines is 1. The molecule has 0 atom stereocenters. The van der Waals surface area contributed by atoms with Crippen LogP contribution in [0.3, 0.4) is 0 Å². The molecule has 148 valence electrons. The average Bonchev–Trinajstić information content (AvgIpc) is 3.21. The van der Waals surface area contributed by atoms with Gasteiger partial charge in [-0.15, -0.1) is 0 Å². The van der Waals surface area contributed by atoms with Crippen LogP contribution in [-0.4, -0.2) is 30.1 Å². The van der Waals surface area contributed by atoms with E-state index in [9.17, 15) is 14.4 Å². The summed E-state index contributed by atoms with van der Waals surface area (Å²) < 4.78 is 2.57. The van der Waals surface area contributed by atoms with E-state index in [-0.39, 0.29) is 5.56 Å². The van der Waals surface area contributed by atoms with Crippen molar-refractivity contribution in [3.8, 4) is 16.9 Å². The number of allylic oxidation sites excluding steroid dienone is 1. The van der Waals surface area contributed by atoms with E-state index in [4.69, 9.17) is 0 Å². The van der Waals surface area contributed by atoms with Crippen LogP contribution in [0.15, 0.2) is 82.9 Å². The molecule has 0 fully saturated rings. The van der Waals surface area contributed by atoms with Gasteiger partial charge in [0, 0.05) is 43.0 Å². The Morgan fingerprint density at radius 1 is 1.10 bits per heavy atom. The molecular weight excluding hydrogens is 382 g/mol. The van der Waals surface area contributed by atoms with Gasteiger partial charge in [-0.1, -0.05) is 18.2 Å². The van der Waals surface area contributed by atoms with Crippen LogP contribution in [0, 0.1) is 0 Å². The molecule has 0 saturated carbocycles. The van der Waals surface area contributed by atoms with E-state index in [1.807, 2.05) is 36.4 Å². The summed E-state index contributed by atoms with van der Waals surface area (Å²) in [6.07, 6.45) is 9.18. The second kappa shape index (κ2) is 7.96. The summed E-state index contributed by atoms with van der Waals surface area (Å²) in [6, 6.07) is 13.3. The average molecular weight is 399 g/mol. The Hall–Kier alpha value is -4.33. The van der Waals surface area contributed by atoms with Crippen molar-refractivity contribution in [2.24, 2.45) is 7.05 Å². The first-order valence-electron chi connectivity index (χ1n) is 9.11. The van der Waals surface area contributed by atoms with Crippen molar-refractivity contribution in [1.29, 1.82) is 0 Å². The molecule has 3 aromatic heterocycles. The van der Waals surface area contributed by atoms with Crippen LogP contribution < -0.4 is 11.2 Å². The van der Waals surface area contributed by atoms with Gasteiger partial charge in [-0.2, -0.15) is 5.10 Å². The van der Waals surface area contributed by atoms with E-state index in [2.05, 4.69) is 15.1 Å². The summed E-state index contributed by atoms with van der Waals surface area (Å²) in [5.41, 5.74) is 1.63. The molecule has 3 heterocycles. The lowest BCUT2D eigenvalue weighted by molar-refractivity contribution is 0.104. The predicted molar refractivity (Wildman–Crippen MR) is 112 cm³/mol. The largest absolute Gasteiger partial charge is 0.328 e. The van der Waals surface area contributed by atoms with Crippen molar-refractivity contribution in [3.05, 3.63) is 105 Å². The summed E-state index contributed by atoms with van der Waals surface area (Å²) in [5, 5.41) is 4.65. The summed E-state index contributed by atoms with van der Waals surface area (Å²) in [7, 11) is 1.31. The Morgan fingerprint density at radius 2 is 1.90 bits per heavy atom. The fourth-order valence-corrected chi connectivity index (χ4v) is 2.95. The van der Waals surface area contributed by atoms with Gasteiger partial charge in [0.1, 0.15) is 11.3 Å². The van der Waals surface area contributed by atoms with Gasteiger partial charge in [-0.3, -0.25) is 19.1 Å². The Labute approximate surface area is 170 Å². The zero-order chi connectivity index (χ0) is 21.1. The number of para-hydroxylation sites is 1. The second-order valence-electron chi connectivity index (χ2n) is 6.52. The van der Waals surface area contributed by atoms with Gasteiger partial charge in [0.25, 0.3) is 5.56 Å². The Morgan fingerprint density at radius 3 is 2.63 bits per heavy atom. The van der Waals surface area contributed by atoms with Crippen LogP contribution in [0.5, 0.6) is 0 Å². The number of ketones is 1. The molecule has 0 aliphatic rings. The number of carbonyl (C=O) groups is 1. The summed E-state index contributed by atoms with van der Waals surface area (Å²) in [4.78, 5) is 42.8. The molecule has 4 rings (SSSR count). The van der Waals surface area contributed by atoms with Gasteiger partial charge in [0.2, 0.25) is 0 Å². The molecule has 0 radical (unpaired) electrons. The van der Waals surface area contributed by atoms with Crippen molar-refractivity contribution in [1.82, 2.24) is 24.3 Å². The molecule has 0 bridgehead atoms. The second-order valence-corrected chi connectivity index (χ2v) is 6.52. The lowest BCUT2D eigenvalue weighted by atomic mass is 10.1. The van der Waals surface area contributed by atoms with Gasteiger partial charge in [0.15, 0.2) is 5.78 Å². The summed E-state index contributed by atoms with van der Waals surface area (Å²) in [6.45, 7) is 0. The Kier molecular flexibility index (Phi) is 5.04. The number of rotatable bonds is 5. The van der Waals surface area contributed by atoms with E-state index in [0.29, 0.717) is 11.3 Å². The van der Waals surface area contributed by atoms with E-state index in [1.165, 1.54) is 13.1 Å². The predicted octanol–water partition coefficient (Wildman–Crippen LogP) is 2.22. The highest BCUT2D eigenvalue weighted by atomic mass is 16.2. The summed E-state index contributed by atoms with van der Waals surface area (Å²) in [5.74, 6) is -0.517. The highest BCUT2D eigenvalue weighted by molar-refractivity contribution is 6.06. The molecule has 1 N–H and O–H groups in total. The number of hydrogen-bond acceptors (Lipinski definition) is 5. The fraction of sp³-hybridized carbons (Fsp3) is 0.0455. The standard InChI is InChI=1S/C22H17N5O3/c1-26-21(29)18(13-24-22(26)30)19(28)10-9-16-14-27(17-7-3-2-4-8-17)25-20(16)15-6-5-11-23-12-15/h2-14H,1H3,(H,24,30). The van der Waals surface area contributed by atoms with E-state index < -0.39 is 17.0 Å². The molecule has 0 aliphatic heterocycles. The van der Waals surface area contributed by atoms with Gasteiger partial charge in [-0.25, -0.2) is 9.48 Å². The number of benzene rings is 1. The first kappa shape index (κ1) is 19.0. The van der Waals surface area contributed by atoms with Crippen molar-refractivity contribution >= 4 is 11.9 Å². The van der Waals surface area contributed by atoms with Crippen LogP contribution in [0.4, 0.5) is 0 Å².